The van der Waals surface area contributed by atoms with Crippen LogP contribution in [0.2, 0.25) is 0 Å². The second kappa shape index (κ2) is 3.63. The van der Waals surface area contributed by atoms with Gasteiger partial charge in [-0.2, -0.15) is 0 Å². The fraction of sp³-hybridized carbons (Fsp3) is 0.667. The Morgan fingerprint density at radius 1 is 1.40 bits per heavy atom. The summed E-state index contributed by atoms with van der Waals surface area (Å²) in [6.45, 7) is 2.92. The Morgan fingerprint density at radius 2 is 2.10 bits per heavy atom. The van der Waals surface area contributed by atoms with Gasteiger partial charge in [0.05, 0.1) is 0 Å². The summed E-state index contributed by atoms with van der Waals surface area (Å²) in [6, 6.07) is 0. The first-order valence-electron chi connectivity index (χ1n) is 3.32. The van der Waals surface area contributed by atoms with Gasteiger partial charge in [0, 0.05) is 6.54 Å². The van der Waals surface area contributed by atoms with Crippen molar-refractivity contribution in [2.75, 3.05) is 7.05 Å². The van der Waals surface area contributed by atoms with Crippen LogP contribution in [-0.4, -0.2) is 17.2 Å². The normalized spacial score (nSPS) is 10.2. The Balaban J connectivity index is 2.59. The van der Waals surface area contributed by atoms with Crippen LogP contribution in [0.4, 0.5) is 0 Å². The average Bonchev–Trinajstić information content (AvgIpc) is 2.37. The second-order valence-electron chi connectivity index (χ2n) is 1.97. The van der Waals surface area contributed by atoms with E-state index < -0.39 is 0 Å². The van der Waals surface area contributed by atoms with Crippen molar-refractivity contribution in [1.82, 2.24) is 15.5 Å². The van der Waals surface area contributed by atoms with Gasteiger partial charge in [-0.1, -0.05) is 6.92 Å². The average molecular weight is 157 g/mol. The second-order valence-corrected chi connectivity index (χ2v) is 3.12. The van der Waals surface area contributed by atoms with Crippen molar-refractivity contribution in [3.05, 3.63) is 10.0 Å². The highest BCUT2D eigenvalue weighted by molar-refractivity contribution is 7.11. The number of rotatable bonds is 3. The summed E-state index contributed by atoms with van der Waals surface area (Å²) in [7, 11) is 1.91. The molecule has 4 heteroatoms. The lowest BCUT2D eigenvalue weighted by molar-refractivity contribution is 0.791. The van der Waals surface area contributed by atoms with Crippen LogP contribution < -0.4 is 5.32 Å². The third-order valence-electron chi connectivity index (χ3n) is 1.14. The largest absolute Gasteiger partial charge is 0.313 e. The Bertz CT molecular complexity index is 197. The topological polar surface area (TPSA) is 37.8 Å². The van der Waals surface area contributed by atoms with E-state index in [1.807, 2.05) is 7.05 Å². The monoisotopic (exact) mass is 157 g/mol. The number of aromatic nitrogens is 2. The van der Waals surface area contributed by atoms with Crippen LogP contribution in [-0.2, 0) is 13.0 Å². The van der Waals surface area contributed by atoms with E-state index in [1.165, 1.54) is 0 Å². The number of hydrogen-bond donors (Lipinski definition) is 1. The van der Waals surface area contributed by atoms with Crippen LogP contribution in [0.25, 0.3) is 0 Å². The lowest BCUT2D eigenvalue weighted by Crippen LogP contribution is -2.04. The third kappa shape index (κ3) is 1.75. The van der Waals surface area contributed by atoms with E-state index in [4.69, 9.17) is 0 Å². The number of hydrogen-bond acceptors (Lipinski definition) is 4. The molecule has 0 fully saturated rings. The van der Waals surface area contributed by atoms with Gasteiger partial charge in [0.25, 0.3) is 0 Å². The predicted octanol–water partition coefficient (Wildman–Crippen LogP) is 0.820. The molecule has 1 aromatic heterocycles. The molecule has 0 radical (unpaired) electrons. The smallest absolute Gasteiger partial charge is 0.131 e. The van der Waals surface area contributed by atoms with Gasteiger partial charge in [0.2, 0.25) is 0 Å². The van der Waals surface area contributed by atoms with Crippen LogP contribution in [0, 0.1) is 0 Å². The molecule has 1 aromatic rings. The maximum Gasteiger partial charge on any atom is 0.131 e. The first-order valence-corrected chi connectivity index (χ1v) is 4.14. The standard InChI is InChI=1S/C6H11N3S/c1-3-5-8-9-6(10-5)4-7-2/h7H,3-4H2,1-2H3. The fourth-order valence-electron chi connectivity index (χ4n) is 0.654. The van der Waals surface area contributed by atoms with E-state index >= 15 is 0 Å². The lowest BCUT2D eigenvalue weighted by Gasteiger charge is -1.87. The summed E-state index contributed by atoms with van der Waals surface area (Å²) in [6.07, 6.45) is 0.987. The first kappa shape index (κ1) is 7.63. The molecule has 0 spiro atoms. The Kier molecular flexibility index (Phi) is 2.77. The molecule has 0 aromatic carbocycles. The summed E-state index contributed by atoms with van der Waals surface area (Å²) < 4.78 is 0. The molecule has 0 unspecified atom stereocenters. The van der Waals surface area contributed by atoms with Crippen molar-refractivity contribution in [3.63, 3.8) is 0 Å². The molecule has 0 aliphatic heterocycles. The lowest BCUT2D eigenvalue weighted by atomic mass is 10.5. The maximum atomic E-state index is 3.98. The SMILES string of the molecule is CCc1nnc(CNC)s1. The highest BCUT2D eigenvalue weighted by Crippen LogP contribution is 2.08. The number of nitrogens with zero attached hydrogens (tertiary/aromatic N) is 2. The van der Waals surface area contributed by atoms with E-state index in [2.05, 4.69) is 22.4 Å². The zero-order chi connectivity index (χ0) is 7.40. The molecule has 0 amide bonds. The van der Waals surface area contributed by atoms with Crippen molar-refractivity contribution >= 4 is 11.3 Å². The van der Waals surface area contributed by atoms with E-state index in [1.54, 1.807) is 11.3 Å². The summed E-state index contributed by atoms with van der Waals surface area (Å²) in [5.41, 5.74) is 0. The van der Waals surface area contributed by atoms with Gasteiger partial charge in [-0.15, -0.1) is 21.5 Å². The quantitative estimate of drug-likeness (QED) is 0.706. The fourth-order valence-corrected chi connectivity index (χ4v) is 1.45. The van der Waals surface area contributed by atoms with Gasteiger partial charge < -0.3 is 5.32 Å². The van der Waals surface area contributed by atoms with Crippen molar-refractivity contribution < 1.29 is 0 Å². The van der Waals surface area contributed by atoms with Gasteiger partial charge in [0.1, 0.15) is 10.0 Å². The van der Waals surface area contributed by atoms with E-state index in [0.29, 0.717) is 0 Å². The minimum absolute atomic E-state index is 0.831. The molecular weight excluding hydrogens is 146 g/mol. The molecule has 1 N–H and O–H groups in total. The van der Waals surface area contributed by atoms with Crippen molar-refractivity contribution in [1.29, 1.82) is 0 Å². The van der Waals surface area contributed by atoms with E-state index in [9.17, 15) is 0 Å². The van der Waals surface area contributed by atoms with E-state index in [-0.39, 0.29) is 0 Å². The number of nitrogens with one attached hydrogen (secondary N) is 1. The molecule has 0 bridgehead atoms. The number of aryl methyl sites for hydroxylation is 1. The molecule has 0 atom stereocenters. The van der Waals surface area contributed by atoms with Gasteiger partial charge in [-0.3, -0.25) is 0 Å². The van der Waals surface area contributed by atoms with Crippen molar-refractivity contribution in [2.45, 2.75) is 19.9 Å². The van der Waals surface area contributed by atoms with E-state index in [0.717, 1.165) is 23.0 Å². The molecule has 56 valence electrons. The maximum absolute atomic E-state index is 3.98. The van der Waals surface area contributed by atoms with Gasteiger partial charge in [-0.25, -0.2) is 0 Å². The molecule has 0 saturated heterocycles. The Hall–Kier alpha value is -0.480. The molecule has 1 heterocycles. The minimum Gasteiger partial charge on any atom is -0.313 e. The molecule has 3 nitrogen and oxygen atoms in total. The van der Waals surface area contributed by atoms with Crippen molar-refractivity contribution in [2.24, 2.45) is 0 Å². The van der Waals surface area contributed by atoms with Gasteiger partial charge >= 0.3 is 0 Å². The zero-order valence-corrected chi connectivity index (χ0v) is 7.03. The minimum atomic E-state index is 0.831. The Morgan fingerprint density at radius 3 is 2.60 bits per heavy atom. The highest BCUT2D eigenvalue weighted by Gasteiger charge is 1.98. The Labute approximate surface area is 64.5 Å². The summed E-state index contributed by atoms with van der Waals surface area (Å²) in [5, 5.41) is 13.2. The first-order chi connectivity index (χ1) is 4.86. The predicted molar refractivity (Wildman–Crippen MR) is 42.1 cm³/mol. The molecule has 0 saturated carbocycles. The molecular formula is C6H11N3S. The summed E-state index contributed by atoms with van der Waals surface area (Å²) >= 11 is 1.67. The molecule has 10 heavy (non-hydrogen) atoms. The van der Waals surface area contributed by atoms with Crippen LogP contribution in [0.15, 0.2) is 0 Å². The zero-order valence-electron chi connectivity index (χ0n) is 6.22. The summed E-state index contributed by atoms with van der Waals surface area (Å²) in [5.74, 6) is 0. The molecule has 0 aliphatic rings. The van der Waals surface area contributed by atoms with Crippen LogP contribution in [0.3, 0.4) is 0 Å². The van der Waals surface area contributed by atoms with Gasteiger partial charge in [0.15, 0.2) is 0 Å². The summed E-state index contributed by atoms with van der Waals surface area (Å²) in [4.78, 5) is 0. The van der Waals surface area contributed by atoms with Crippen LogP contribution >= 0.6 is 11.3 Å². The molecule has 1 rings (SSSR count). The third-order valence-corrected chi connectivity index (χ3v) is 2.21. The van der Waals surface area contributed by atoms with Crippen LogP contribution in [0.1, 0.15) is 16.9 Å². The van der Waals surface area contributed by atoms with Gasteiger partial charge in [-0.05, 0) is 13.5 Å². The highest BCUT2D eigenvalue weighted by atomic mass is 32.1. The van der Waals surface area contributed by atoms with Crippen LogP contribution in [0.5, 0.6) is 0 Å². The molecule has 0 aliphatic carbocycles. The van der Waals surface area contributed by atoms with Crippen molar-refractivity contribution in [3.8, 4) is 0 Å².